The molecule has 0 radical (unpaired) electrons. The van der Waals surface area contributed by atoms with E-state index in [2.05, 4.69) is 41.4 Å². The Balaban J connectivity index is 0.00000150. The summed E-state index contributed by atoms with van der Waals surface area (Å²) in [6, 6.07) is 14.9. The van der Waals surface area contributed by atoms with Gasteiger partial charge in [-0.15, -0.1) is 24.8 Å². The van der Waals surface area contributed by atoms with Gasteiger partial charge in [0.15, 0.2) is 0 Å². The fraction of sp³-hybridized carbons (Fsp3) is 0.455. The summed E-state index contributed by atoms with van der Waals surface area (Å²) in [5.41, 5.74) is 3.86. The lowest BCUT2D eigenvalue weighted by molar-refractivity contribution is -0.00538. The number of anilines is 1. The number of methoxy groups -OCH3 is 1. The molecule has 2 aromatic carbocycles. The van der Waals surface area contributed by atoms with Crippen LogP contribution in [0.5, 0.6) is 5.75 Å². The highest BCUT2D eigenvalue weighted by molar-refractivity contribution is 6.30. The summed E-state index contributed by atoms with van der Waals surface area (Å²) in [5.74, 6) is 1.26. The number of hydrogen-bond donors (Lipinski definition) is 1. The molecule has 0 bridgehead atoms. The highest BCUT2D eigenvalue weighted by atomic mass is 35.5. The average molecular weight is 460 g/mol. The Morgan fingerprint density at radius 3 is 2.66 bits per heavy atom. The van der Waals surface area contributed by atoms with Crippen molar-refractivity contribution in [1.82, 2.24) is 5.32 Å². The molecule has 29 heavy (non-hydrogen) atoms. The largest absolute Gasteiger partial charge is 0.497 e. The molecule has 4 nitrogen and oxygen atoms in total. The van der Waals surface area contributed by atoms with E-state index in [9.17, 15) is 0 Å². The van der Waals surface area contributed by atoms with Crippen LogP contribution in [0.25, 0.3) is 0 Å². The highest BCUT2D eigenvalue weighted by Crippen LogP contribution is 2.36. The molecule has 2 aliphatic heterocycles. The lowest BCUT2D eigenvalue weighted by Gasteiger charge is -2.41. The van der Waals surface area contributed by atoms with Crippen LogP contribution in [0.1, 0.15) is 24.2 Å². The van der Waals surface area contributed by atoms with Crippen molar-refractivity contribution < 1.29 is 9.47 Å². The zero-order valence-electron chi connectivity index (χ0n) is 16.8. The topological polar surface area (TPSA) is 33.7 Å². The van der Waals surface area contributed by atoms with Crippen molar-refractivity contribution in [2.75, 3.05) is 38.3 Å². The molecule has 0 amide bonds. The standard InChI is InChI=1S/C22H27ClN2O2.2ClH/c1-15(22-20-8-3-17(23)13-16(20)9-12-27-22)21-14-25(11-10-24-21)18-4-6-19(26-2)7-5-18;;/h3-8,13,15,21-22,24H,9-12,14H2,1-2H3;2*1H. The van der Waals surface area contributed by atoms with Gasteiger partial charge in [0.25, 0.3) is 0 Å². The maximum atomic E-state index is 6.21. The van der Waals surface area contributed by atoms with Gasteiger partial charge in [-0.2, -0.15) is 0 Å². The molecule has 2 aliphatic rings. The number of hydrogen-bond acceptors (Lipinski definition) is 4. The number of nitrogens with one attached hydrogen (secondary N) is 1. The Morgan fingerprint density at radius 1 is 1.17 bits per heavy atom. The predicted octanol–water partition coefficient (Wildman–Crippen LogP) is 4.92. The molecule has 2 heterocycles. The molecule has 0 saturated carbocycles. The number of ether oxygens (including phenoxy) is 2. The van der Waals surface area contributed by atoms with Crippen molar-refractivity contribution >= 4 is 42.1 Å². The van der Waals surface area contributed by atoms with Crippen LogP contribution in [0.15, 0.2) is 42.5 Å². The molecule has 7 heteroatoms. The molecule has 4 rings (SSSR count). The van der Waals surface area contributed by atoms with E-state index in [0.717, 1.165) is 43.4 Å². The zero-order chi connectivity index (χ0) is 18.8. The molecular weight excluding hydrogens is 431 g/mol. The summed E-state index contributed by atoms with van der Waals surface area (Å²) in [6.45, 7) is 6.01. The molecule has 0 aromatic heterocycles. The van der Waals surface area contributed by atoms with E-state index in [0.29, 0.717) is 12.0 Å². The molecule has 3 atom stereocenters. The van der Waals surface area contributed by atoms with Crippen LogP contribution in [0, 0.1) is 5.92 Å². The first-order valence-corrected chi connectivity index (χ1v) is 10.1. The third kappa shape index (κ3) is 5.31. The second kappa shape index (κ2) is 10.7. The molecule has 1 saturated heterocycles. The molecule has 3 unspecified atom stereocenters. The second-order valence-electron chi connectivity index (χ2n) is 7.45. The smallest absolute Gasteiger partial charge is 0.119 e. The third-order valence-corrected chi connectivity index (χ3v) is 6.07. The Bertz CT molecular complexity index is 788. The van der Waals surface area contributed by atoms with E-state index in [-0.39, 0.29) is 30.9 Å². The maximum Gasteiger partial charge on any atom is 0.119 e. The summed E-state index contributed by atoms with van der Waals surface area (Å²) in [5, 5.41) is 4.52. The summed E-state index contributed by atoms with van der Waals surface area (Å²) < 4.78 is 11.5. The minimum atomic E-state index is 0. The Labute approximate surface area is 190 Å². The first-order chi connectivity index (χ1) is 13.2. The number of rotatable bonds is 4. The number of fused-ring (bicyclic) bond motifs is 1. The number of benzene rings is 2. The molecule has 2 aromatic rings. The van der Waals surface area contributed by atoms with Gasteiger partial charge in [0.1, 0.15) is 5.75 Å². The molecule has 1 fully saturated rings. The number of nitrogens with zero attached hydrogens (tertiary/aromatic N) is 1. The number of piperazine rings is 1. The predicted molar refractivity (Wildman–Crippen MR) is 125 cm³/mol. The van der Waals surface area contributed by atoms with Gasteiger partial charge in [-0.3, -0.25) is 0 Å². The van der Waals surface area contributed by atoms with E-state index in [1.165, 1.54) is 16.8 Å². The fourth-order valence-corrected chi connectivity index (χ4v) is 4.45. The van der Waals surface area contributed by atoms with Gasteiger partial charge in [-0.05, 0) is 53.9 Å². The maximum absolute atomic E-state index is 6.21. The summed E-state index contributed by atoms with van der Waals surface area (Å²) in [4.78, 5) is 2.45. The first kappa shape index (κ1) is 24.1. The monoisotopic (exact) mass is 458 g/mol. The van der Waals surface area contributed by atoms with Crippen LogP contribution in [0.4, 0.5) is 5.69 Å². The van der Waals surface area contributed by atoms with Crippen molar-refractivity contribution in [2.45, 2.75) is 25.5 Å². The molecule has 1 N–H and O–H groups in total. The van der Waals surface area contributed by atoms with E-state index in [1.54, 1.807) is 7.11 Å². The van der Waals surface area contributed by atoms with Crippen LogP contribution < -0.4 is 15.0 Å². The second-order valence-corrected chi connectivity index (χ2v) is 7.88. The highest BCUT2D eigenvalue weighted by Gasteiger charge is 2.33. The Hall–Kier alpha value is -1.17. The van der Waals surface area contributed by atoms with Gasteiger partial charge in [0.05, 0.1) is 19.8 Å². The Kier molecular flexibility index (Phi) is 8.92. The lowest BCUT2D eigenvalue weighted by Crippen LogP contribution is -2.54. The quantitative estimate of drug-likeness (QED) is 0.703. The van der Waals surface area contributed by atoms with Gasteiger partial charge in [0.2, 0.25) is 0 Å². The van der Waals surface area contributed by atoms with Crippen LogP contribution >= 0.6 is 36.4 Å². The van der Waals surface area contributed by atoms with E-state index in [4.69, 9.17) is 21.1 Å². The lowest BCUT2D eigenvalue weighted by atomic mass is 9.85. The molecule has 0 aliphatic carbocycles. The third-order valence-electron chi connectivity index (χ3n) is 5.84. The van der Waals surface area contributed by atoms with Gasteiger partial charge in [0, 0.05) is 42.3 Å². The van der Waals surface area contributed by atoms with Crippen molar-refractivity contribution in [1.29, 1.82) is 0 Å². The van der Waals surface area contributed by atoms with Crippen molar-refractivity contribution in [3.8, 4) is 5.75 Å². The summed E-state index contributed by atoms with van der Waals surface area (Å²) in [6.07, 6.45) is 1.05. The van der Waals surface area contributed by atoms with Crippen molar-refractivity contribution in [3.63, 3.8) is 0 Å². The van der Waals surface area contributed by atoms with Gasteiger partial charge in [-0.25, -0.2) is 0 Å². The summed E-state index contributed by atoms with van der Waals surface area (Å²) >= 11 is 6.19. The number of halogens is 3. The van der Waals surface area contributed by atoms with Gasteiger partial charge < -0.3 is 19.7 Å². The van der Waals surface area contributed by atoms with Gasteiger partial charge in [-0.1, -0.05) is 24.6 Å². The van der Waals surface area contributed by atoms with Crippen LogP contribution in [-0.4, -0.2) is 39.4 Å². The van der Waals surface area contributed by atoms with Crippen LogP contribution in [-0.2, 0) is 11.2 Å². The minimum absolute atomic E-state index is 0. The average Bonchev–Trinajstić information content (AvgIpc) is 2.72. The molecule has 160 valence electrons. The fourth-order valence-electron chi connectivity index (χ4n) is 4.26. The first-order valence-electron chi connectivity index (χ1n) is 9.68. The molecule has 0 spiro atoms. The minimum Gasteiger partial charge on any atom is -0.497 e. The van der Waals surface area contributed by atoms with Gasteiger partial charge >= 0.3 is 0 Å². The zero-order valence-corrected chi connectivity index (χ0v) is 19.2. The van der Waals surface area contributed by atoms with Crippen molar-refractivity contribution in [3.05, 3.63) is 58.6 Å². The SMILES string of the molecule is COc1ccc(N2CCNC(C(C)C3OCCc4cc(Cl)ccc43)C2)cc1.Cl.Cl. The molecular formula is C22H29Cl3N2O2. The van der Waals surface area contributed by atoms with E-state index >= 15 is 0 Å². The van der Waals surface area contributed by atoms with E-state index in [1.807, 2.05) is 18.2 Å². The Morgan fingerprint density at radius 2 is 1.93 bits per heavy atom. The van der Waals surface area contributed by atoms with Crippen LogP contribution in [0.3, 0.4) is 0 Å². The summed E-state index contributed by atoms with van der Waals surface area (Å²) in [7, 11) is 1.70. The van der Waals surface area contributed by atoms with Crippen molar-refractivity contribution in [2.24, 2.45) is 5.92 Å². The van der Waals surface area contributed by atoms with Crippen LogP contribution in [0.2, 0.25) is 5.02 Å². The normalized spacial score (nSPS) is 22.0. The van der Waals surface area contributed by atoms with E-state index < -0.39 is 0 Å².